The zero-order valence-electron chi connectivity index (χ0n) is 20.6. The molecule has 0 fully saturated rings. The van der Waals surface area contributed by atoms with E-state index in [1.165, 1.54) is 75.3 Å². The SMILES string of the molecule is CCCCC(CC)CSNCC(=O)[O-].CCCCC(CC)CSNCC(=O)[O-].[CH3][Sn+2][CH3]. The number of unbranched alkanes of at least 4 members (excludes halogenated alkanes) is 2. The van der Waals surface area contributed by atoms with Gasteiger partial charge in [-0.25, -0.2) is 0 Å². The molecule has 0 aromatic carbocycles. The Morgan fingerprint density at radius 2 is 1.10 bits per heavy atom. The van der Waals surface area contributed by atoms with Crippen molar-refractivity contribution < 1.29 is 19.8 Å². The van der Waals surface area contributed by atoms with Gasteiger partial charge in [-0.2, -0.15) is 0 Å². The van der Waals surface area contributed by atoms with E-state index in [4.69, 9.17) is 0 Å². The number of nitrogens with one attached hydrogen (secondary N) is 2. The zero-order valence-corrected chi connectivity index (χ0v) is 25.1. The Morgan fingerprint density at radius 3 is 1.32 bits per heavy atom. The third-order valence-corrected chi connectivity index (χ3v) is 6.33. The van der Waals surface area contributed by atoms with E-state index in [1.54, 1.807) is 0 Å². The fourth-order valence-corrected chi connectivity index (χ4v) is 4.32. The van der Waals surface area contributed by atoms with Crippen LogP contribution in [0.15, 0.2) is 0 Å². The van der Waals surface area contributed by atoms with Gasteiger partial charge in [0.25, 0.3) is 0 Å². The van der Waals surface area contributed by atoms with Gasteiger partial charge in [0, 0.05) is 24.6 Å². The molecular weight excluding hydrogens is 539 g/mol. The van der Waals surface area contributed by atoms with Crippen LogP contribution in [0.5, 0.6) is 0 Å². The minimum absolute atomic E-state index is 0.0606. The van der Waals surface area contributed by atoms with Gasteiger partial charge in [-0.1, -0.05) is 90.1 Å². The van der Waals surface area contributed by atoms with Crippen LogP contribution in [0.2, 0.25) is 9.88 Å². The summed E-state index contributed by atoms with van der Waals surface area (Å²) in [5.41, 5.74) is 0. The van der Waals surface area contributed by atoms with E-state index in [9.17, 15) is 19.8 Å². The van der Waals surface area contributed by atoms with Crippen molar-refractivity contribution in [1.29, 1.82) is 0 Å². The molecule has 6 nitrogen and oxygen atoms in total. The molecule has 0 bridgehead atoms. The van der Waals surface area contributed by atoms with Gasteiger partial charge < -0.3 is 19.8 Å². The van der Waals surface area contributed by atoms with Crippen LogP contribution in [-0.4, -0.2) is 57.7 Å². The van der Waals surface area contributed by atoms with E-state index in [-0.39, 0.29) is 34.2 Å². The number of hydrogen-bond acceptors (Lipinski definition) is 8. The second kappa shape index (κ2) is 30.4. The molecule has 0 amide bonds. The standard InChI is InChI=1S/2C10H21NO2S.2CH3.Sn/c2*1-3-5-6-9(4-2)8-14-11-7-10(12)13;;;/h2*9,11H,3-8H2,1-2H3,(H,12,13);2*1H3;/q;;;;+2/p-2. The third-order valence-electron chi connectivity index (χ3n) is 4.36. The second-order valence-corrected chi connectivity index (χ2v) is 12.0. The van der Waals surface area contributed by atoms with E-state index >= 15 is 0 Å². The number of hydrogen-bond donors (Lipinski definition) is 2. The van der Waals surface area contributed by atoms with Crippen molar-refractivity contribution in [2.75, 3.05) is 24.6 Å². The maximum absolute atomic E-state index is 10.1. The Hall–Kier alpha value is 0.359. The van der Waals surface area contributed by atoms with Gasteiger partial charge in [0.1, 0.15) is 0 Å². The van der Waals surface area contributed by atoms with Crippen LogP contribution < -0.4 is 19.7 Å². The first kappa shape index (κ1) is 35.9. The van der Waals surface area contributed by atoms with Gasteiger partial charge in [-0.05, 0) is 24.7 Å². The molecule has 0 aliphatic heterocycles. The van der Waals surface area contributed by atoms with E-state index in [1.807, 2.05) is 0 Å². The molecule has 2 N–H and O–H groups in total. The number of rotatable bonds is 18. The molecule has 0 aromatic heterocycles. The Bertz CT molecular complexity index is 361. The number of carbonyl (C=O) groups excluding carboxylic acids is 2. The van der Waals surface area contributed by atoms with Gasteiger partial charge in [0.2, 0.25) is 0 Å². The zero-order chi connectivity index (χ0) is 24.3. The summed E-state index contributed by atoms with van der Waals surface area (Å²) in [6.45, 7) is 8.62. The molecule has 0 radical (unpaired) electrons. The van der Waals surface area contributed by atoms with Crippen molar-refractivity contribution in [3.05, 3.63) is 0 Å². The molecule has 0 rings (SSSR count). The fraction of sp³-hybridized carbons (Fsp3) is 0.909. The molecular formula is C22H46N2O4S2Sn. The summed E-state index contributed by atoms with van der Waals surface area (Å²) >= 11 is 3.22. The Kier molecular flexibility index (Phi) is 35.2. The minimum atomic E-state index is -1.04. The van der Waals surface area contributed by atoms with Gasteiger partial charge in [-0.3, -0.25) is 9.44 Å². The molecule has 0 saturated carbocycles. The Labute approximate surface area is 210 Å². The second-order valence-electron chi connectivity index (χ2n) is 7.34. The van der Waals surface area contributed by atoms with E-state index in [2.05, 4.69) is 47.0 Å². The van der Waals surface area contributed by atoms with E-state index < -0.39 is 11.9 Å². The van der Waals surface area contributed by atoms with Gasteiger partial charge >= 0.3 is 31.0 Å². The number of carboxylic acid groups (broad SMARTS) is 2. The molecule has 2 unspecified atom stereocenters. The van der Waals surface area contributed by atoms with Crippen LogP contribution in [-0.2, 0) is 9.59 Å². The Balaban J connectivity index is -0.000000448. The molecule has 0 saturated heterocycles. The first-order valence-electron chi connectivity index (χ1n) is 11.5. The van der Waals surface area contributed by atoms with Crippen molar-refractivity contribution >= 4 is 57.0 Å². The van der Waals surface area contributed by atoms with Crippen molar-refractivity contribution in [2.45, 2.75) is 88.9 Å². The maximum atomic E-state index is 10.1. The molecule has 2 atom stereocenters. The van der Waals surface area contributed by atoms with Crippen LogP contribution >= 0.6 is 23.9 Å². The molecule has 0 heterocycles. The molecule has 9 heteroatoms. The summed E-state index contributed by atoms with van der Waals surface area (Å²) in [6.07, 6.45) is 9.81. The van der Waals surface area contributed by atoms with Crippen molar-refractivity contribution in [2.24, 2.45) is 11.8 Å². The predicted molar refractivity (Wildman–Crippen MR) is 135 cm³/mol. The van der Waals surface area contributed by atoms with Crippen molar-refractivity contribution in [3.8, 4) is 0 Å². The third kappa shape index (κ3) is 35.1. The van der Waals surface area contributed by atoms with Gasteiger partial charge in [0.05, 0.1) is 11.9 Å². The summed E-state index contributed by atoms with van der Waals surface area (Å²) in [4.78, 5) is 24.8. The summed E-state index contributed by atoms with van der Waals surface area (Å²) in [7, 11) is 0. The first-order valence-corrected chi connectivity index (χ1v) is 19.2. The van der Waals surface area contributed by atoms with Gasteiger partial charge in [0.15, 0.2) is 0 Å². The van der Waals surface area contributed by atoms with Crippen molar-refractivity contribution in [1.82, 2.24) is 9.44 Å². The van der Waals surface area contributed by atoms with Crippen molar-refractivity contribution in [3.63, 3.8) is 0 Å². The van der Waals surface area contributed by atoms with Crippen LogP contribution in [0.3, 0.4) is 0 Å². The average molecular weight is 585 g/mol. The van der Waals surface area contributed by atoms with E-state index in [0.29, 0.717) is 11.8 Å². The first-order chi connectivity index (χ1) is 14.8. The quantitative estimate of drug-likeness (QED) is 0.144. The summed E-state index contributed by atoms with van der Waals surface area (Å²) in [6, 6.07) is 0. The topological polar surface area (TPSA) is 104 Å². The normalized spacial score (nSPS) is 11.8. The molecule has 0 aliphatic carbocycles. The number of aliphatic carboxylic acids is 2. The molecule has 0 aromatic rings. The summed E-state index contributed by atoms with van der Waals surface area (Å²) in [5.74, 6) is 1.30. The van der Waals surface area contributed by atoms with Crippen LogP contribution in [0, 0.1) is 11.8 Å². The molecule has 31 heavy (non-hydrogen) atoms. The monoisotopic (exact) mass is 586 g/mol. The molecule has 184 valence electrons. The number of carbonyl (C=O) groups is 2. The number of carboxylic acids is 2. The predicted octanol–water partition coefficient (Wildman–Crippen LogP) is 3.17. The molecule has 0 spiro atoms. The van der Waals surface area contributed by atoms with E-state index in [0.717, 1.165) is 11.5 Å². The van der Waals surface area contributed by atoms with Crippen LogP contribution in [0.1, 0.15) is 79.1 Å². The van der Waals surface area contributed by atoms with Crippen LogP contribution in [0.4, 0.5) is 0 Å². The Morgan fingerprint density at radius 1 is 0.774 bits per heavy atom. The summed E-state index contributed by atoms with van der Waals surface area (Å²) < 4.78 is 5.56. The fourth-order valence-electron chi connectivity index (χ4n) is 2.37. The average Bonchev–Trinajstić information content (AvgIpc) is 2.73. The molecule has 0 aliphatic rings. The summed E-state index contributed by atoms with van der Waals surface area (Å²) in [5, 5.41) is 20.2. The van der Waals surface area contributed by atoms with Gasteiger partial charge in [-0.15, -0.1) is 0 Å². The van der Waals surface area contributed by atoms with Crippen LogP contribution in [0.25, 0.3) is 0 Å².